The topological polar surface area (TPSA) is 89.9 Å². The van der Waals surface area contributed by atoms with Crippen LogP contribution in [0.25, 0.3) is 0 Å². The summed E-state index contributed by atoms with van der Waals surface area (Å²) in [6.45, 7) is 3.95. The second-order valence-corrected chi connectivity index (χ2v) is 4.52. The van der Waals surface area contributed by atoms with Gasteiger partial charge in [-0.15, -0.1) is 0 Å². The SMILES string of the molecule is CCCCCC(=O)NCCN(CCO)CCC(=O)O.[H-].[Na+]. The predicted molar refractivity (Wildman–Crippen MR) is 74.0 cm³/mol. The standard InChI is InChI=1S/C13H26N2O4.Na.H/c1-2-3-4-5-12(17)14-7-9-15(10-11-16)8-6-13(18)19;;/h16H,2-11H2,1H3,(H,14,17)(H,18,19);;/q;+1;-1. The molecule has 0 spiro atoms. The van der Waals surface area contributed by atoms with Crippen molar-refractivity contribution in [2.45, 2.75) is 39.0 Å². The maximum Gasteiger partial charge on any atom is 1.00 e. The van der Waals surface area contributed by atoms with E-state index in [9.17, 15) is 9.59 Å². The molecule has 0 unspecified atom stereocenters. The number of rotatable bonds is 12. The van der Waals surface area contributed by atoms with Gasteiger partial charge in [0.05, 0.1) is 13.0 Å². The van der Waals surface area contributed by atoms with Crippen molar-refractivity contribution in [1.29, 1.82) is 0 Å². The molecule has 1 amide bonds. The fourth-order valence-electron chi connectivity index (χ4n) is 1.71. The van der Waals surface area contributed by atoms with Crippen LogP contribution in [0, 0.1) is 0 Å². The molecule has 0 saturated carbocycles. The van der Waals surface area contributed by atoms with Crippen molar-refractivity contribution >= 4 is 11.9 Å². The molecule has 0 fully saturated rings. The molecule has 0 aliphatic rings. The van der Waals surface area contributed by atoms with Gasteiger partial charge in [-0.1, -0.05) is 19.8 Å². The average Bonchev–Trinajstić information content (AvgIpc) is 2.36. The number of nitrogens with zero attached hydrogens (tertiary/aromatic N) is 1. The summed E-state index contributed by atoms with van der Waals surface area (Å²) in [6.07, 6.45) is 3.64. The van der Waals surface area contributed by atoms with Crippen molar-refractivity contribution in [2.75, 3.05) is 32.8 Å². The molecule has 0 atom stereocenters. The van der Waals surface area contributed by atoms with Crippen LogP contribution in [0.5, 0.6) is 0 Å². The molecule has 0 aliphatic carbocycles. The Morgan fingerprint density at radius 3 is 2.40 bits per heavy atom. The molecule has 0 aromatic rings. The molecule has 0 aromatic carbocycles. The molecule has 0 heterocycles. The fraction of sp³-hybridized carbons (Fsp3) is 0.846. The summed E-state index contributed by atoms with van der Waals surface area (Å²) in [6, 6.07) is 0. The van der Waals surface area contributed by atoms with Gasteiger partial charge in [0.1, 0.15) is 0 Å². The van der Waals surface area contributed by atoms with Crippen molar-refractivity contribution in [3.63, 3.8) is 0 Å². The van der Waals surface area contributed by atoms with Crippen LogP contribution in [0.15, 0.2) is 0 Å². The quantitative estimate of drug-likeness (QED) is 0.275. The van der Waals surface area contributed by atoms with E-state index in [4.69, 9.17) is 10.2 Å². The van der Waals surface area contributed by atoms with Gasteiger partial charge in [0.25, 0.3) is 0 Å². The molecule has 114 valence electrons. The Kier molecular flexibility index (Phi) is 16.9. The Morgan fingerprint density at radius 2 is 1.85 bits per heavy atom. The van der Waals surface area contributed by atoms with Gasteiger partial charge in [-0.3, -0.25) is 14.5 Å². The molecule has 0 rings (SSSR count). The second-order valence-electron chi connectivity index (χ2n) is 4.52. The van der Waals surface area contributed by atoms with E-state index < -0.39 is 5.97 Å². The number of amides is 1. The summed E-state index contributed by atoms with van der Waals surface area (Å²) in [7, 11) is 0. The van der Waals surface area contributed by atoms with E-state index in [1.54, 1.807) is 0 Å². The smallest absolute Gasteiger partial charge is 1.00 e. The van der Waals surface area contributed by atoms with Crippen molar-refractivity contribution in [2.24, 2.45) is 0 Å². The number of nitrogens with one attached hydrogen (secondary N) is 1. The number of carboxylic acids is 1. The first kappa shape index (κ1) is 22.1. The van der Waals surface area contributed by atoms with Gasteiger partial charge in [-0.25, -0.2) is 0 Å². The maximum atomic E-state index is 11.5. The van der Waals surface area contributed by atoms with Crippen LogP contribution in [0.2, 0.25) is 0 Å². The second kappa shape index (κ2) is 15.3. The van der Waals surface area contributed by atoms with Crippen LogP contribution in [0.3, 0.4) is 0 Å². The van der Waals surface area contributed by atoms with Gasteiger partial charge < -0.3 is 17.0 Å². The zero-order valence-electron chi connectivity index (χ0n) is 13.7. The third-order valence-electron chi connectivity index (χ3n) is 2.82. The maximum absolute atomic E-state index is 11.5. The number of aliphatic carboxylic acids is 1. The van der Waals surface area contributed by atoms with E-state index in [0.29, 0.717) is 32.6 Å². The van der Waals surface area contributed by atoms with Crippen molar-refractivity contribution < 1.29 is 50.8 Å². The molecule has 0 saturated heterocycles. The van der Waals surface area contributed by atoms with Gasteiger partial charge in [0.2, 0.25) is 5.91 Å². The Hall–Kier alpha value is -0.140. The molecule has 3 N–H and O–H groups in total. The third kappa shape index (κ3) is 14.3. The minimum absolute atomic E-state index is 0. The largest absolute Gasteiger partial charge is 1.00 e. The van der Waals surface area contributed by atoms with Gasteiger partial charge >= 0.3 is 35.5 Å². The van der Waals surface area contributed by atoms with Crippen LogP contribution in [0.1, 0.15) is 40.5 Å². The summed E-state index contributed by atoms with van der Waals surface area (Å²) in [4.78, 5) is 23.8. The summed E-state index contributed by atoms with van der Waals surface area (Å²) in [5.41, 5.74) is 0. The zero-order valence-corrected chi connectivity index (χ0v) is 14.7. The molecule has 0 aliphatic heterocycles. The van der Waals surface area contributed by atoms with Crippen molar-refractivity contribution in [3.8, 4) is 0 Å². The number of hydrogen-bond donors (Lipinski definition) is 3. The zero-order chi connectivity index (χ0) is 14.5. The van der Waals surface area contributed by atoms with Crippen LogP contribution in [-0.4, -0.2) is 59.8 Å². The average molecular weight is 298 g/mol. The first-order valence-corrected chi connectivity index (χ1v) is 6.91. The van der Waals surface area contributed by atoms with Crippen molar-refractivity contribution in [1.82, 2.24) is 10.2 Å². The summed E-state index contributed by atoms with van der Waals surface area (Å²) in [5, 5.41) is 20.3. The predicted octanol–water partition coefficient (Wildman–Crippen LogP) is -2.43. The first-order valence-electron chi connectivity index (χ1n) is 6.91. The number of hydrogen-bond acceptors (Lipinski definition) is 4. The fourth-order valence-corrected chi connectivity index (χ4v) is 1.71. The van der Waals surface area contributed by atoms with E-state index in [1.807, 2.05) is 4.90 Å². The summed E-state index contributed by atoms with van der Waals surface area (Å²) >= 11 is 0. The molecule has 7 heteroatoms. The molecule has 6 nitrogen and oxygen atoms in total. The Labute approximate surface area is 144 Å². The summed E-state index contributed by atoms with van der Waals surface area (Å²) in [5.74, 6) is -0.817. The van der Waals surface area contributed by atoms with Gasteiger partial charge in [0, 0.05) is 32.6 Å². The molecular formula is C13H27N2NaO4. The van der Waals surface area contributed by atoms with E-state index in [2.05, 4.69) is 12.2 Å². The van der Waals surface area contributed by atoms with Crippen molar-refractivity contribution in [3.05, 3.63) is 0 Å². The summed E-state index contributed by atoms with van der Waals surface area (Å²) < 4.78 is 0. The van der Waals surface area contributed by atoms with Gasteiger partial charge in [-0.2, -0.15) is 0 Å². The van der Waals surface area contributed by atoms with Crippen LogP contribution >= 0.6 is 0 Å². The normalized spacial score (nSPS) is 10.2. The minimum Gasteiger partial charge on any atom is -1.00 e. The Morgan fingerprint density at radius 1 is 1.15 bits per heavy atom. The molecule has 0 aromatic heterocycles. The third-order valence-corrected chi connectivity index (χ3v) is 2.82. The Balaban J connectivity index is -0.00000162. The monoisotopic (exact) mass is 298 g/mol. The van der Waals surface area contributed by atoms with E-state index in [1.165, 1.54) is 0 Å². The van der Waals surface area contributed by atoms with Crippen LogP contribution in [0.4, 0.5) is 0 Å². The number of carboxylic acid groups (broad SMARTS) is 1. The molecule has 20 heavy (non-hydrogen) atoms. The van der Waals surface area contributed by atoms with E-state index in [0.717, 1.165) is 19.3 Å². The number of carbonyl (C=O) groups excluding carboxylic acids is 1. The number of aliphatic hydroxyl groups excluding tert-OH is 1. The van der Waals surface area contributed by atoms with Crippen LogP contribution < -0.4 is 34.9 Å². The van der Waals surface area contributed by atoms with Crippen LogP contribution in [-0.2, 0) is 9.59 Å². The number of carbonyl (C=O) groups is 2. The molecular weight excluding hydrogens is 271 g/mol. The number of aliphatic hydroxyl groups is 1. The number of unbranched alkanes of at least 4 members (excludes halogenated alkanes) is 2. The minimum atomic E-state index is -0.855. The first-order chi connectivity index (χ1) is 9.10. The van der Waals surface area contributed by atoms with Gasteiger partial charge in [0.15, 0.2) is 0 Å². The van der Waals surface area contributed by atoms with E-state index >= 15 is 0 Å². The van der Waals surface area contributed by atoms with Gasteiger partial charge in [-0.05, 0) is 6.42 Å². The van der Waals surface area contributed by atoms with E-state index in [-0.39, 0.29) is 49.9 Å². The molecule has 0 radical (unpaired) electrons. The Bertz CT molecular complexity index is 271. The molecule has 0 bridgehead atoms.